The first-order chi connectivity index (χ1) is 18.4. The van der Waals surface area contributed by atoms with E-state index in [1.807, 2.05) is 24.3 Å². The molecule has 6 rings (SSSR count). The van der Waals surface area contributed by atoms with Crippen molar-refractivity contribution in [2.45, 2.75) is 12.3 Å². The molecule has 1 aliphatic carbocycles. The van der Waals surface area contributed by atoms with Crippen molar-refractivity contribution in [2.24, 2.45) is 0 Å². The zero-order chi connectivity index (χ0) is 26.4. The Balaban J connectivity index is 1.73. The number of carbonyl (C=O) groups is 1. The SMILES string of the molecule is COc1ccc(C2(c3ccc(OC(C)=O)cc3)c3cc(N(C)C)ccc3-c3cc4ccccc4cc32)cc1. The summed E-state index contributed by atoms with van der Waals surface area (Å²) in [6.07, 6.45) is 0. The molecule has 4 nitrogen and oxygen atoms in total. The largest absolute Gasteiger partial charge is 0.497 e. The Labute approximate surface area is 223 Å². The van der Waals surface area contributed by atoms with E-state index in [4.69, 9.17) is 9.47 Å². The van der Waals surface area contributed by atoms with Crippen LogP contribution in [0.2, 0.25) is 0 Å². The number of benzene rings is 5. The molecule has 0 radical (unpaired) electrons. The van der Waals surface area contributed by atoms with Crippen LogP contribution >= 0.6 is 0 Å². The molecule has 0 aromatic heterocycles. The molecule has 4 heteroatoms. The number of nitrogens with zero attached hydrogens (tertiary/aromatic N) is 1. The molecule has 1 unspecified atom stereocenters. The molecule has 188 valence electrons. The summed E-state index contributed by atoms with van der Waals surface area (Å²) in [4.78, 5) is 13.8. The molecule has 0 fully saturated rings. The lowest BCUT2D eigenvalue weighted by molar-refractivity contribution is -0.131. The van der Waals surface area contributed by atoms with Gasteiger partial charge in [-0.15, -0.1) is 0 Å². The van der Waals surface area contributed by atoms with Crippen molar-refractivity contribution in [1.29, 1.82) is 0 Å². The minimum absolute atomic E-state index is 0.332. The first-order valence-electron chi connectivity index (χ1n) is 12.7. The molecule has 1 atom stereocenters. The lowest BCUT2D eigenvalue weighted by atomic mass is 9.67. The number of carbonyl (C=O) groups excluding carboxylic acids is 1. The average Bonchev–Trinajstić information content (AvgIpc) is 3.21. The predicted octanol–water partition coefficient (Wildman–Crippen LogP) is 7.20. The maximum absolute atomic E-state index is 11.6. The van der Waals surface area contributed by atoms with Crippen molar-refractivity contribution in [1.82, 2.24) is 0 Å². The molecule has 5 aromatic carbocycles. The number of hydrogen-bond donors (Lipinski definition) is 0. The van der Waals surface area contributed by atoms with Crippen LogP contribution in [0, 0.1) is 0 Å². The van der Waals surface area contributed by atoms with Gasteiger partial charge in [-0.3, -0.25) is 4.79 Å². The van der Waals surface area contributed by atoms with Crippen molar-refractivity contribution in [3.05, 3.63) is 125 Å². The molecule has 0 N–H and O–H groups in total. The number of fused-ring (bicyclic) bond motifs is 4. The van der Waals surface area contributed by atoms with Gasteiger partial charge in [-0.05, 0) is 92.7 Å². The number of esters is 1. The fourth-order valence-electron chi connectivity index (χ4n) is 5.84. The third-order valence-corrected chi connectivity index (χ3v) is 7.58. The van der Waals surface area contributed by atoms with Gasteiger partial charge in [0.25, 0.3) is 0 Å². The minimum atomic E-state index is -0.582. The van der Waals surface area contributed by atoms with Crippen LogP contribution in [0.3, 0.4) is 0 Å². The molecule has 5 aromatic rings. The smallest absolute Gasteiger partial charge is 0.308 e. The van der Waals surface area contributed by atoms with Gasteiger partial charge in [0.05, 0.1) is 12.5 Å². The van der Waals surface area contributed by atoms with E-state index in [-0.39, 0.29) is 5.97 Å². The Kier molecular flexibility index (Phi) is 5.68. The monoisotopic (exact) mass is 499 g/mol. The molecule has 0 heterocycles. The van der Waals surface area contributed by atoms with Gasteiger partial charge in [0.1, 0.15) is 11.5 Å². The summed E-state index contributed by atoms with van der Waals surface area (Å²) in [6.45, 7) is 1.42. The second-order valence-corrected chi connectivity index (χ2v) is 9.97. The van der Waals surface area contributed by atoms with Crippen molar-refractivity contribution in [3.63, 3.8) is 0 Å². The third-order valence-electron chi connectivity index (χ3n) is 7.58. The molecule has 0 bridgehead atoms. The number of ether oxygens (including phenoxy) is 2. The Morgan fingerprint density at radius 3 is 1.84 bits per heavy atom. The lowest BCUT2D eigenvalue weighted by Gasteiger charge is -2.34. The maximum atomic E-state index is 11.6. The summed E-state index contributed by atoms with van der Waals surface area (Å²) in [7, 11) is 5.83. The summed E-state index contributed by atoms with van der Waals surface area (Å²) in [5.41, 5.74) is 7.69. The number of rotatable bonds is 5. The maximum Gasteiger partial charge on any atom is 0.308 e. The van der Waals surface area contributed by atoms with E-state index in [0.717, 1.165) is 22.6 Å². The first-order valence-corrected chi connectivity index (χ1v) is 12.7. The van der Waals surface area contributed by atoms with Crippen LogP contribution < -0.4 is 14.4 Å². The second kappa shape index (κ2) is 9.07. The molecule has 0 saturated carbocycles. The molecule has 38 heavy (non-hydrogen) atoms. The summed E-state index contributed by atoms with van der Waals surface area (Å²) < 4.78 is 10.9. The second-order valence-electron chi connectivity index (χ2n) is 9.97. The molecule has 0 amide bonds. The molecule has 1 aliphatic rings. The number of methoxy groups -OCH3 is 1. The van der Waals surface area contributed by atoms with Gasteiger partial charge in [-0.25, -0.2) is 0 Å². The highest BCUT2D eigenvalue weighted by molar-refractivity contribution is 5.96. The van der Waals surface area contributed by atoms with Gasteiger partial charge in [-0.2, -0.15) is 0 Å². The van der Waals surface area contributed by atoms with Crippen LogP contribution in [0.15, 0.2) is 103 Å². The topological polar surface area (TPSA) is 38.8 Å². The van der Waals surface area contributed by atoms with E-state index < -0.39 is 5.41 Å². The van der Waals surface area contributed by atoms with E-state index >= 15 is 0 Å². The van der Waals surface area contributed by atoms with Crippen LogP contribution in [0.1, 0.15) is 29.2 Å². The van der Waals surface area contributed by atoms with E-state index in [1.54, 1.807) is 7.11 Å². The highest BCUT2D eigenvalue weighted by Gasteiger charge is 2.46. The molecular weight excluding hydrogens is 470 g/mol. The Hall–Kier alpha value is -4.57. The van der Waals surface area contributed by atoms with Crippen LogP contribution in [-0.4, -0.2) is 27.2 Å². The molecule has 0 saturated heterocycles. The van der Waals surface area contributed by atoms with Gasteiger partial charge in [0, 0.05) is 26.7 Å². The lowest BCUT2D eigenvalue weighted by Crippen LogP contribution is -2.29. The van der Waals surface area contributed by atoms with E-state index in [9.17, 15) is 4.79 Å². The van der Waals surface area contributed by atoms with Gasteiger partial charge in [0.15, 0.2) is 0 Å². The predicted molar refractivity (Wildman–Crippen MR) is 153 cm³/mol. The minimum Gasteiger partial charge on any atom is -0.497 e. The highest BCUT2D eigenvalue weighted by Crippen LogP contribution is 2.57. The molecule has 0 spiro atoms. The summed E-state index contributed by atoms with van der Waals surface area (Å²) in [6, 6.07) is 36.2. The standard InChI is InChI=1S/C34H29NO3/c1-22(36)38-29-16-11-26(12-17-29)34(25-9-14-28(37-4)15-10-25)32-20-24-8-6-5-7-23(24)19-31(32)30-18-13-27(35(2)3)21-33(30)34/h5-21H,1-4H3. The van der Waals surface area contributed by atoms with E-state index in [1.165, 1.54) is 39.9 Å². The van der Waals surface area contributed by atoms with Crippen molar-refractivity contribution >= 4 is 22.4 Å². The van der Waals surface area contributed by atoms with Crippen molar-refractivity contribution in [2.75, 3.05) is 26.1 Å². The van der Waals surface area contributed by atoms with Gasteiger partial charge < -0.3 is 14.4 Å². The van der Waals surface area contributed by atoms with Gasteiger partial charge in [0.2, 0.25) is 0 Å². The van der Waals surface area contributed by atoms with Crippen LogP contribution in [0.25, 0.3) is 21.9 Å². The quantitative estimate of drug-likeness (QED) is 0.186. The van der Waals surface area contributed by atoms with E-state index in [2.05, 4.69) is 97.9 Å². The summed E-state index contributed by atoms with van der Waals surface area (Å²) in [5.74, 6) is 1.01. The Morgan fingerprint density at radius 1 is 0.684 bits per heavy atom. The van der Waals surface area contributed by atoms with Crippen LogP contribution in [0.5, 0.6) is 11.5 Å². The summed E-state index contributed by atoms with van der Waals surface area (Å²) in [5, 5.41) is 2.41. The van der Waals surface area contributed by atoms with Gasteiger partial charge >= 0.3 is 5.97 Å². The first kappa shape index (κ1) is 23.8. The average molecular weight is 500 g/mol. The van der Waals surface area contributed by atoms with E-state index in [0.29, 0.717) is 5.75 Å². The molecule has 0 aliphatic heterocycles. The summed E-state index contributed by atoms with van der Waals surface area (Å²) >= 11 is 0. The fourth-order valence-corrected chi connectivity index (χ4v) is 5.84. The Morgan fingerprint density at radius 2 is 1.26 bits per heavy atom. The number of anilines is 1. The van der Waals surface area contributed by atoms with Crippen LogP contribution in [-0.2, 0) is 10.2 Å². The zero-order valence-electron chi connectivity index (χ0n) is 22.0. The normalized spacial score (nSPS) is 15.6. The van der Waals surface area contributed by atoms with Crippen molar-refractivity contribution < 1.29 is 14.3 Å². The zero-order valence-corrected chi connectivity index (χ0v) is 22.0. The molecular formula is C34H29NO3. The van der Waals surface area contributed by atoms with Gasteiger partial charge in [-0.1, -0.05) is 54.6 Å². The fraction of sp³-hybridized carbons (Fsp3) is 0.147. The number of hydrogen-bond acceptors (Lipinski definition) is 4. The van der Waals surface area contributed by atoms with Crippen molar-refractivity contribution in [3.8, 4) is 22.6 Å². The van der Waals surface area contributed by atoms with Crippen LogP contribution in [0.4, 0.5) is 5.69 Å². The highest BCUT2D eigenvalue weighted by atomic mass is 16.5. The Bertz CT molecular complexity index is 1670. The third kappa shape index (κ3) is 3.64.